The Morgan fingerprint density at radius 2 is 1.95 bits per heavy atom. The van der Waals surface area contributed by atoms with Gasteiger partial charge in [0.1, 0.15) is 5.82 Å². The first-order chi connectivity index (χ1) is 10.6. The molecule has 0 radical (unpaired) electrons. The summed E-state index contributed by atoms with van der Waals surface area (Å²) in [6.07, 6.45) is 4.53. The summed E-state index contributed by atoms with van der Waals surface area (Å²) >= 11 is 12.1. The molecule has 1 saturated heterocycles. The van der Waals surface area contributed by atoms with Gasteiger partial charge < -0.3 is 15.5 Å². The molecule has 0 spiro atoms. The molecule has 7 heteroatoms. The molecule has 2 N–H and O–H groups in total. The summed E-state index contributed by atoms with van der Waals surface area (Å²) in [6.45, 7) is 2.81. The molecule has 1 amide bonds. The number of amides is 1. The van der Waals surface area contributed by atoms with Crippen LogP contribution in [0.3, 0.4) is 0 Å². The predicted molar refractivity (Wildman–Crippen MR) is 88.4 cm³/mol. The Kier molecular flexibility index (Phi) is 4.76. The molecule has 22 heavy (non-hydrogen) atoms. The maximum Gasteiger partial charge on any atom is 0.227 e. The van der Waals surface area contributed by atoms with E-state index in [0.717, 1.165) is 38.2 Å². The predicted octanol–water partition coefficient (Wildman–Crippen LogP) is 2.16. The highest BCUT2D eigenvalue weighted by atomic mass is 35.5. The van der Waals surface area contributed by atoms with Gasteiger partial charge in [-0.25, -0.2) is 4.98 Å². The van der Waals surface area contributed by atoms with Gasteiger partial charge in [0.15, 0.2) is 0 Å². The Bertz CT molecular complexity index is 560. The van der Waals surface area contributed by atoms with E-state index in [4.69, 9.17) is 28.9 Å². The van der Waals surface area contributed by atoms with E-state index in [9.17, 15) is 4.79 Å². The number of nitrogens with zero attached hydrogens (tertiary/aromatic N) is 3. The van der Waals surface area contributed by atoms with Gasteiger partial charge in [-0.1, -0.05) is 29.6 Å². The summed E-state index contributed by atoms with van der Waals surface area (Å²) in [5, 5.41) is 1.07. The van der Waals surface area contributed by atoms with Crippen molar-refractivity contribution in [1.29, 1.82) is 0 Å². The molecule has 1 aromatic heterocycles. The number of pyridine rings is 1. The van der Waals surface area contributed by atoms with Gasteiger partial charge in [-0.15, -0.1) is 0 Å². The molecular weight excluding hydrogens is 323 g/mol. The summed E-state index contributed by atoms with van der Waals surface area (Å²) in [5.74, 6) is 0.944. The molecule has 1 aliphatic heterocycles. The highest BCUT2D eigenvalue weighted by molar-refractivity contribution is 6.36. The van der Waals surface area contributed by atoms with Crippen molar-refractivity contribution in [3.05, 3.63) is 22.3 Å². The minimum Gasteiger partial charge on any atom is -0.352 e. The summed E-state index contributed by atoms with van der Waals surface area (Å²) in [7, 11) is 0. The minimum absolute atomic E-state index is 0.00351. The molecule has 2 aliphatic rings. The molecule has 120 valence electrons. The third-order valence-corrected chi connectivity index (χ3v) is 5.05. The first-order valence-corrected chi connectivity index (χ1v) is 8.42. The van der Waals surface area contributed by atoms with Crippen LogP contribution in [0.15, 0.2) is 12.3 Å². The van der Waals surface area contributed by atoms with E-state index in [1.165, 1.54) is 0 Å². The van der Waals surface area contributed by atoms with Gasteiger partial charge in [-0.2, -0.15) is 0 Å². The monoisotopic (exact) mass is 342 g/mol. The average Bonchev–Trinajstić information content (AvgIpc) is 2.93. The fourth-order valence-corrected chi connectivity index (χ4v) is 3.81. The van der Waals surface area contributed by atoms with E-state index in [2.05, 4.69) is 9.88 Å². The molecule has 2 fully saturated rings. The lowest BCUT2D eigenvalue weighted by atomic mass is 10.0. The highest BCUT2D eigenvalue weighted by Gasteiger charge is 2.34. The molecule has 1 saturated carbocycles. The smallest absolute Gasteiger partial charge is 0.227 e. The van der Waals surface area contributed by atoms with Crippen LogP contribution in [-0.2, 0) is 4.79 Å². The van der Waals surface area contributed by atoms with Gasteiger partial charge in [-0.05, 0) is 18.9 Å². The van der Waals surface area contributed by atoms with Crippen molar-refractivity contribution >= 4 is 34.9 Å². The Morgan fingerprint density at radius 1 is 1.23 bits per heavy atom. The van der Waals surface area contributed by atoms with Crippen LogP contribution < -0.4 is 10.6 Å². The number of nitrogens with two attached hydrogens (primary N) is 1. The second-order valence-electron chi connectivity index (χ2n) is 5.97. The summed E-state index contributed by atoms with van der Waals surface area (Å²) in [6, 6.07) is 1.72. The van der Waals surface area contributed by atoms with Crippen molar-refractivity contribution in [2.45, 2.75) is 25.3 Å². The molecule has 2 atom stereocenters. The third kappa shape index (κ3) is 3.16. The van der Waals surface area contributed by atoms with Crippen molar-refractivity contribution in [3.63, 3.8) is 0 Å². The number of halogens is 2. The van der Waals surface area contributed by atoms with Gasteiger partial charge in [0.25, 0.3) is 0 Å². The number of carbonyl (C=O) groups excluding carboxylic acids is 1. The third-order valence-electron chi connectivity index (χ3n) is 4.57. The molecule has 0 bridgehead atoms. The van der Waals surface area contributed by atoms with Crippen molar-refractivity contribution in [3.8, 4) is 0 Å². The zero-order valence-corrected chi connectivity index (χ0v) is 13.9. The zero-order valence-electron chi connectivity index (χ0n) is 12.3. The number of hydrogen-bond donors (Lipinski definition) is 1. The SMILES string of the molecule is N[C@@H]1CCC[C@H]1C(=O)N1CCN(c2ncc(Cl)cc2Cl)CC1. The molecule has 0 aromatic carbocycles. The Balaban J connectivity index is 1.61. The van der Waals surface area contributed by atoms with Crippen molar-refractivity contribution in [1.82, 2.24) is 9.88 Å². The van der Waals surface area contributed by atoms with Crippen molar-refractivity contribution in [2.75, 3.05) is 31.1 Å². The van der Waals surface area contributed by atoms with Crippen LogP contribution >= 0.6 is 23.2 Å². The molecule has 1 aliphatic carbocycles. The maximum absolute atomic E-state index is 12.5. The fraction of sp³-hybridized carbons (Fsp3) is 0.600. The van der Waals surface area contributed by atoms with Gasteiger partial charge in [-0.3, -0.25) is 4.79 Å². The number of carbonyl (C=O) groups is 1. The van der Waals surface area contributed by atoms with Gasteiger partial charge >= 0.3 is 0 Å². The largest absolute Gasteiger partial charge is 0.352 e. The van der Waals surface area contributed by atoms with E-state index >= 15 is 0 Å². The van der Waals surface area contributed by atoms with E-state index in [0.29, 0.717) is 23.1 Å². The number of hydrogen-bond acceptors (Lipinski definition) is 4. The Labute approximate surface area is 140 Å². The van der Waals surface area contributed by atoms with Crippen LogP contribution in [0.25, 0.3) is 0 Å². The van der Waals surface area contributed by atoms with E-state index < -0.39 is 0 Å². The van der Waals surface area contributed by atoms with Gasteiger partial charge in [0, 0.05) is 38.4 Å². The second-order valence-corrected chi connectivity index (χ2v) is 6.82. The van der Waals surface area contributed by atoms with E-state index in [1.54, 1.807) is 12.3 Å². The van der Waals surface area contributed by atoms with E-state index in [1.807, 2.05) is 4.90 Å². The average molecular weight is 343 g/mol. The summed E-state index contributed by atoms with van der Waals surface area (Å²) in [5.41, 5.74) is 6.04. The molecule has 3 rings (SSSR count). The van der Waals surface area contributed by atoms with Crippen molar-refractivity contribution < 1.29 is 4.79 Å². The van der Waals surface area contributed by atoms with Crippen LogP contribution in [-0.4, -0.2) is 48.0 Å². The lowest BCUT2D eigenvalue weighted by Crippen LogP contribution is -2.52. The molecular formula is C15H20Cl2N4O. The normalized spacial score (nSPS) is 25.6. The van der Waals surface area contributed by atoms with Crippen LogP contribution in [0.5, 0.6) is 0 Å². The topological polar surface area (TPSA) is 62.5 Å². The van der Waals surface area contributed by atoms with Crippen LogP contribution in [0, 0.1) is 5.92 Å². The van der Waals surface area contributed by atoms with E-state index in [-0.39, 0.29) is 17.9 Å². The molecule has 5 nitrogen and oxygen atoms in total. The lowest BCUT2D eigenvalue weighted by molar-refractivity contribution is -0.136. The quantitative estimate of drug-likeness (QED) is 0.894. The standard InChI is InChI=1S/C15H20Cl2N4O/c16-10-8-12(17)14(19-9-10)20-4-6-21(7-5-20)15(22)11-2-1-3-13(11)18/h8-9,11,13H,1-7,18H2/t11-,13-/m1/s1. The Morgan fingerprint density at radius 3 is 2.55 bits per heavy atom. The van der Waals surface area contributed by atoms with Gasteiger partial charge in [0.2, 0.25) is 5.91 Å². The van der Waals surface area contributed by atoms with Crippen LogP contribution in [0.1, 0.15) is 19.3 Å². The number of aromatic nitrogens is 1. The second kappa shape index (κ2) is 6.60. The summed E-state index contributed by atoms with van der Waals surface area (Å²) < 4.78 is 0. The number of rotatable bonds is 2. The first-order valence-electron chi connectivity index (χ1n) is 7.66. The maximum atomic E-state index is 12.5. The number of anilines is 1. The van der Waals surface area contributed by atoms with Gasteiger partial charge in [0.05, 0.1) is 16.0 Å². The minimum atomic E-state index is 0.00351. The molecule has 0 unspecified atom stereocenters. The highest BCUT2D eigenvalue weighted by Crippen LogP contribution is 2.29. The first kappa shape index (κ1) is 15.8. The molecule has 2 heterocycles. The van der Waals surface area contributed by atoms with Crippen LogP contribution in [0.2, 0.25) is 10.0 Å². The number of piperazine rings is 1. The summed E-state index contributed by atoms with van der Waals surface area (Å²) in [4.78, 5) is 20.9. The van der Waals surface area contributed by atoms with Crippen molar-refractivity contribution in [2.24, 2.45) is 11.7 Å². The Hall–Kier alpha value is -1.04. The fourth-order valence-electron chi connectivity index (χ4n) is 3.31. The zero-order chi connectivity index (χ0) is 15.7. The lowest BCUT2D eigenvalue weighted by Gasteiger charge is -2.37. The molecule has 1 aromatic rings. The van der Waals surface area contributed by atoms with Crippen LogP contribution in [0.4, 0.5) is 5.82 Å².